The quantitative estimate of drug-likeness (QED) is 0.125. The van der Waals surface area contributed by atoms with E-state index in [0.717, 1.165) is 34.2 Å². The third-order valence-electron chi connectivity index (χ3n) is 6.98. The van der Waals surface area contributed by atoms with Crippen LogP contribution in [0.1, 0.15) is 35.6 Å². The van der Waals surface area contributed by atoms with Crippen LogP contribution in [0.5, 0.6) is 0 Å². The number of carbonyl (C=O) groups excluding carboxylic acids is 2. The van der Waals surface area contributed by atoms with Crippen LogP contribution in [0.15, 0.2) is 109 Å². The van der Waals surface area contributed by atoms with Crippen LogP contribution in [0.25, 0.3) is 11.1 Å². The molecule has 2 atom stereocenters. The van der Waals surface area contributed by atoms with Crippen LogP contribution < -0.4 is 21.7 Å². The summed E-state index contributed by atoms with van der Waals surface area (Å²) in [5.74, 6) is -0.487. The molecular weight excluding hydrogens is 510 g/mol. The second-order valence-corrected chi connectivity index (χ2v) is 10.1. The predicted molar refractivity (Wildman–Crippen MR) is 164 cm³/mol. The number of nitrogens with two attached hydrogens (primary N) is 1. The fraction of sp³-hybridized carbons (Fsp3) is 0.206. The minimum absolute atomic E-state index is 0.00320. The van der Waals surface area contributed by atoms with Gasteiger partial charge in [-0.3, -0.25) is 15.0 Å². The van der Waals surface area contributed by atoms with Gasteiger partial charge in [-0.2, -0.15) is 0 Å². The van der Waals surface area contributed by atoms with Crippen molar-refractivity contribution in [2.45, 2.75) is 44.9 Å². The average Bonchev–Trinajstić information content (AvgIpc) is 3.01. The van der Waals surface area contributed by atoms with Gasteiger partial charge in [0.15, 0.2) is 0 Å². The Balaban J connectivity index is 1.34. The van der Waals surface area contributed by atoms with Gasteiger partial charge in [0.1, 0.15) is 11.9 Å². The number of amidine groups is 1. The fourth-order valence-electron chi connectivity index (χ4n) is 4.49. The van der Waals surface area contributed by atoms with E-state index in [4.69, 9.17) is 11.1 Å². The number of aryl methyl sites for hydroxylation is 1. The van der Waals surface area contributed by atoms with Gasteiger partial charge in [0, 0.05) is 18.7 Å². The van der Waals surface area contributed by atoms with E-state index >= 15 is 0 Å². The number of hydrogen-bond donors (Lipinski definition) is 5. The SMILES string of the molecule is C[C@H](NC(=O)[C@@H](CCc1ccccc1)NCc1ccc(-c2ccccc2)cc1)C(=O)NCc1ccc(C(=N)N)cc1. The zero-order chi connectivity index (χ0) is 29.0. The monoisotopic (exact) mass is 547 g/mol. The van der Waals surface area contributed by atoms with E-state index in [1.807, 2.05) is 48.5 Å². The lowest BCUT2D eigenvalue weighted by Gasteiger charge is -2.21. The molecule has 4 aromatic carbocycles. The number of rotatable bonds is 13. The Morgan fingerprint density at radius 2 is 1.27 bits per heavy atom. The first-order valence-corrected chi connectivity index (χ1v) is 13.8. The first-order valence-electron chi connectivity index (χ1n) is 13.8. The summed E-state index contributed by atoms with van der Waals surface area (Å²) in [5, 5.41) is 16.7. The number of benzene rings is 4. The molecule has 210 valence electrons. The summed E-state index contributed by atoms with van der Waals surface area (Å²) in [4.78, 5) is 26.1. The van der Waals surface area contributed by atoms with Crippen molar-refractivity contribution in [1.82, 2.24) is 16.0 Å². The van der Waals surface area contributed by atoms with Gasteiger partial charge < -0.3 is 21.7 Å². The molecule has 0 spiro atoms. The zero-order valence-corrected chi connectivity index (χ0v) is 23.3. The summed E-state index contributed by atoms with van der Waals surface area (Å²) in [6.45, 7) is 2.52. The third-order valence-corrected chi connectivity index (χ3v) is 6.98. The van der Waals surface area contributed by atoms with Crippen molar-refractivity contribution in [2.75, 3.05) is 0 Å². The lowest BCUT2D eigenvalue weighted by molar-refractivity contribution is -0.129. The van der Waals surface area contributed by atoms with Crippen LogP contribution in [0.3, 0.4) is 0 Å². The summed E-state index contributed by atoms with van der Waals surface area (Å²) in [6.07, 6.45) is 1.32. The van der Waals surface area contributed by atoms with Crippen molar-refractivity contribution in [2.24, 2.45) is 5.73 Å². The van der Waals surface area contributed by atoms with Gasteiger partial charge in [0.25, 0.3) is 0 Å². The minimum atomic E-state index is -0.704. The molecule has 0 bridgehead atoms. The second-order valence-electron chi connectivity index (χ2n) is 10.1. The minimum Gasteiger partial charge on any atom is -0.384 e. The number of amides is 2. The van der Waals surface area contributed by atoms with Crippen molar-refractivity contribution >= 4 is 17.6 Å². The van der Waals surface area contributed by atoms with Crippen molar-refractivity contribution < 1.29 is 9.59 Å². The molecule has 4 aromatic rings. The normalized spacial score (nSPS) is 12.2. The lowest BCUT2D eigenvalue weighted by Crippen LogP contribution is -2.51. The van der Waals surface area contributed by atoms with Gasteiger partial charge >= 0.3 is 0 Å². The van der Waals surface area contributed by atoms with Crippen LogP contribution in [-0.4, -0.2) is 29.7 Å². The predicted octanol–water partition coefficient (Wildman–Crippen LogP) is 4.55. The molecule has 0 saturated heterocycles. The maximum absolute atomic E-state index is 13.3. The lowest BCUT2D eigenvalue weighted by atomic mass is 10.0. The van der Waals surface area contributed by atoms with Crippen LogP contribution in [0.2, 0.25) is 0 Å². The number of carbonyl (C=O) groups is 2. The summed E-state index contributed by atoms with van der Waals surface area (Å²) >= 11 is 0. The molecule has 0 saturated carbocycles. The number of nitrogen functional groups attached to an aromatic ring is 1. The van der Waals surface area contributed by atoms with Gasteiger partial charge in [0.2, 0.25) is 11.8 Å². The highest BCUT2D eigenvalue weighted by atomic mass is 16.2. The summed E-state index contributed by atoms with van der Waals surface area (Å²) in [7, 11) is 0. The van der Waals surface area contributed by atoms with Crippen molar-refractivity contribution in [3.8, 4) is 11.1 Å². The van der Waals surface area contributed by atoms with Crippen molar-refractivity contribution in [3.63, 3.8) is 0 Å². The van der Waals surface area contributed by atoms with E-state index in [2.05, 4.69) is 64.5 Å². The molecule has 0 heterocycles. The summed E-state index contributed by atoms with van der Waals surface area (Å²) < 4.78 is 0. The average molecular weight is 548 g/mol. The largest absolute Gasteiger partial charge is 0.384 e. The van der Waals surface area contributed by atoms with Gasteiger partial charge in [-0.05, 0) is 47.6 Å². The van der Waals surface area contributed by atoms with Gasteiger partial charge in [0.05, 0.1) is 6.04 Å². The first-order chi connectivity index (χ1) is 19.9. The highest BCUT2D eigenvalue weighted by Crippen LogP contribution is 2.19. The molecule has 2 amide bonds. The summed E-state index contributed by atoms with van der Waals surface area (Å²) in [6, 6.07) is 34.5. The van der Waals surface area contributed by atoms with Gasteiger partial charge in [-0.15, -0.1) is 0 Å². The topological polar surface area (TPSA) is 120 Å². The maximum Gasteiger partial charge on any atom is 0.242 e. The Kier molecular flexibility index (Phi) is 10.4. The molecular formula is C34H37N5O2. The molecule has 0 radical (unpaired) electrons. The van der Waals surface area contributed by atoms with Crippen LogP contribution in [-0.2, 0) is 29.1 Å². The van der Waals surface area contributed by atoms with E-state index in [-0.39, 0.29) is 17.6 Å². The highest BCUT2D eigenvalue weighted by molar-refractivity contribution is 5.95. The standard InChI is InChI=1S/C34H37N5O2/c1-24(33(40)38-23-27-14-19-30(20-15-27)32(35)36)39-34(41)31(21-16-25-8-4-2-5-9-25)37-22-26-12-17-29(18-13-26)28-10-6-3-7-11-28/h2-15,17-20,24,31,37H,16,21-23H2,1H3,(H3,35,36)(H,38,40)(H,39,41)/t24-,31+/m0/s1. The Bertz CT molecular complexity index is 1420. The van der Waals surface area contributed by atoms with Gasteiger partial charge in [-0.25, -0.2) is 0 Å². The van der Waals surface area contributed by atoms with E-state index < -0.39 is 12.1 Å². The van der Waals surface area contributed by atoms with E-state index in [1.54, 1.807) is 19.1 Å². The van der Waals surface area contributed by atoms with Crippen LogP contribution >= 0.6 is 0 Å². The number of hydrogen-bond acceptors (Lipinski definition) is 4. The molecule has 7 nitrogen and oxygen atoms in total. The molecule has 0 aliphatic rings. The molecule has 6 N–H and O–H groups in total. The van der Waals surface area contributed by atoms with E-state index in [1.165, 1.54) is 0 Å². The zero-order valence-electron chi connectivity index (χ0n) is 23.3. The molecule has 0 unspecified atom stereocenters. The smallest absolute Gasteiger partial charge is 0.242 e. The molecule has 0 aliphatic carbocycles. The van der Waals surface area contributed by atoms with Crippen molar-refractivity contribution in [3.05, 3.63) is 131 Å². The number of nitrogens with one attached hydrogen (secondary N) is 4. The molecule has 7 heteroatoms. The molecule has 4 rings (SSSR count). The Hall–Kier alpha value is -4.75. The second kappa shape index (κ2) is 14.6. The third kappa shape index (κ3) is 8.88. The van der Waals surface area contributed by atoms with Crippen LogP contribution in [0, 0.1) is 5.41 Å². The molecule has 0 fully saturated rings. The Labute approximate surface area is 241 Å². The first kappa shape index (κ1) is 29.2. The summed E-state index contributed by atoms with van der Waals surface area (Å²) in [5.41, 5.74) is 11.5. The Morgan fingerprint density at radius 3 is 1.90 bits per heavy atom. The highest BCUT2D eigenvalue weighted by Gasteiger charge is 2.22. The molecule has 41 heavy (non-hydrogen) atoms. The fourth-order valence-corrected chi connectivity index (χ4v) is 4.49. The maximum atomic E-state index is 13.3. The molecule has 0 aliphatic heterocycles. The van der Waals surface area contributed by atoms with E-state index in [0.29, 0.717) is 25.1 Å². The molecule has 0 aromatic heterocycles. The van der Waals surface area contributed by atoms with Crippen molar-refractivity contribution in [1.29, 1.82) is 5.41 Å². The van der Waals surface area contributed by atoms with Gasteiger partial charge in [-0.1, -0.05) is 109 Å². The van der Waals surface area contributed by atoms with E-state index in [9.17, 15) is 9.59 Å². The van der Waals surface area contributed by atoms with Crippen LogP contribution in [0.4, 0.5) is 0 Å². The Morgan fingerprint density at radius 1 is 0.707 bits per heavy atom.